The number of phenols is 1. The smallest absolute Gasteiger partial charge is 0.271 e. The number of benzene rings is 3. The summed E-state index contributed by atoms with van der Waals surface area (Å²) in [7, 11) is 0. The molecule has 2 amide bonds. The van der Waals surface area contributed by atoms with Crippen LogP contribution in [0.25, 0.3) is 0 Å². The summed E-state index contributed by atoms with van der Waals surface area (Å²) in [5.74, 6) is -1.75. The highest BCUT2D eigenvalue weighted by Gasteiger charge is 2.60. The predicted molar refractivity (Wildman–Crippen MR) is 136 cm³/mol. The molecule has 3 aromatic rings. The van der Waals surface area contributed by atoms with Gasteiger partial charge in [0.1, 0.15) is 5.92 Å². The number of rotatable bonds is 7. The van der Waals surface area contributed by atoms with Gasteiger partial charge in [0.15, 0.2) is 17.6 Å². The van der Waals surface area contributed by atoms with Crippen molar-refractivity contribution < 1.29 is 29.2 Å². The predicted octanol–water partition coefficient (Wildman–Crippen LogP) is 4.51. The molecule has 2 fully saturated rings. The number of fused-ring (bicyclic) bond motifs is 1. The zero-order valence-electron chi connectivity index (χ0n) is 19.6. The van der Waals surface area contributed by atoms with Crippen molar-refractivity contribution in [2.75, 3.05) is 11.7 Å². The molecule has 2 heterocycles. The first-order valence-corrected chi connectivity index (χ1v) is 12.3. The highest BCUT2D eigenvalue weighted by Crippen LogP contribution is 2.49. The Hall–Kier alpha value is -3.96. The number of hydrogen-bond donors (Lipinski definition) is 1. The molecule has 10 nitrogen and oxygen atoms in total. The molecule has 0 unspecified atom stereocenters. The number of hydrogen-bond acceptors (Lipinski definition) is 8. The van der Waals surface area contributed by atoms with E-state index in [1.807, 2.05) is 30.3 Å². The second kappa shape index (κ2) is 9.83. The van der Waals surface area contributed by atoms with Gasteiger partial charge in [0.2, 0.25) is 5.91 Å². The first-order chi connectivity index (χ1) is 17.8. The molecule has 5 rings (SSSR count). The van der Waals surface area contributed by atoms with Crippen LogP contribution in [0.2, 0.25) is 0 Å². The molecule has 0 spiro atoms. The Morgan fingerprint density at radius 2 is 1.84 bits per heavy atom. The van der Waals surface area contributed by atoms with Gasteiger partial charge in [-0.15, -0.1) is 0 Å². The van der Waals surface area contributed by atoms with Crippen LogP contribution in [0.4, 0.5) is 11.4 Å². The number of halogens is 1. The van der Waals surface area contributed by atoms with Crippen LogP contribution in [-0.2, 0) is 21.0 Å². The fourth-order valence-electron chi connectivity index (χ4n) is 4.73. The average Bonchev–Trinajstić information content (AvgIpc) is 3.39. The van der Waals surface area contributed by atoms with Crippen LogP contribution in [0.3, 0.4) is 0 Å². The quantitative estimate of drug-likeness (QED) is 0.251. The van der Waals surface area contributed by atoms with Crippen LogP contribution in [0.1, 0.15) is 24.1 Å². The van der Waals surface area contributed by atoms with Crippen LogP contribution >= 0.6 is 15.9 Å². The molecular weight excluding hydrogens is 546 g/mol. The van der Waals surface area contributed by atoms with Gasteiger partial charge in [0.05, 0.1) is 34.3 Å². The zero-order valence-corrected chi connectivity index (χ0v) is 21.2. The summed E-state index contributed by atoms with van der Waals surface area (Å²) in [6.45, 7) is 2.15. The van der Waals surface area contributed by atoms with Crippen LogP contribution in [0.15, 0.2) is 71.2 Å². The summed E-state index contributed by atoms with van der Waals surface area (Å²) < 4.78 is 5.91. The number of carbonyl (C=O) groups excluding carboxylic acids is 2. The summed E-state index contributed by atoms with van der Waals surface area (Å²) in [5.41, 5.74) is 1.46. The van der Waals surface area contributed by atoms with E-state index in [4.69, 9.17) is 9.57 Å². The molecule has 2 saturated heterocycles. The van der Waals surface area contributed by atoms with Crippen molar-refractivity contribution in [3.8, 4) is 11.5 Å². The van der Waals surface area contributed by atoms with E-state index in [1.165, 1.54) is 28.2 Å². The Kier molecular flexibility index (Phi) is 6.57. The van der Waals surface area contributed by atoms with Gasteiger partial charge in [0, 0.05) is 12.1 Å². The van der Waals surface area contributed by atoms with Crippen LogP contribution in [-0.4, -0.2) is 39.5 Å². The molecule has 0 saturated carbocycles. The van der Waals surface area contributed by atoms with Gasteiger partial charge in [0.25, 0.3) is 11.6 Å². The lowest BCUT2D eigenvalue weighted by molar-refractivity contribution is -0.384. The van der Waals surface area contributed by atoms with E-state index >= 15 is 0 Å². The second-order valence-electron chi connectivity index (χ2n) is 8.63. The van der Waals surface area contributed by atoms with Crippen molar-refractivity contribution in [3.05, 3.63) is 92.4 Å². The Balaban J connectivity index is 1.59. The van der Waals surface area contributed by atoms with E-state index in [0.29, 0.717) is 15.7 Å². The summed E-state index contributed by atoms with van der Waals surface area (Å²) >= 11 is 3.34. The van der Waals surface area contributed by atoms with Crippen molar-refractivity contribution in [1.29, 1.82) is 0 Å². The van der Waals surface area contributed by atoms with Crippen molar-refractivity contribution >= 4 is 39.1 Å². The molecule has 11 heteroatoms. The van der Waals surface area contributed by atoms with E-state index in [9.17, 15) is 24.8 Å². The summed E-state index contributed by atoms with van der Waals surface area (Å²) in [4.78, 5) is 45.2. The summed E-state index contributed by atoms with van der Waals surface area (Å²) in [6.07, 6.45) is -1.12. The molecule has 0 bridgehead atoms. The van der Waals surface area contributed by atoms with Gasteiger partial charge in [-0.05, 0) is 52.2 Å². The van der Waals surface area contributed by atoms with Gasteiger partial charge in [-0.25, -0.2) is 5.06 Å². The number of amides is 2. The highest BCUT2D eigenvalue weighted by molar-refractivity contribution is 9.10. The number of nitro benzene ring substituents is 1. The standard InChI is InChI=1S/C26H22BrN3O7/c1-2-36-20-12-16(11-19(27)23(20)31)22-21-24(37-29(22)17-9-6-10-18(13-17)30(34)35)26(33)28(25(21)32)14-15-7-4-3-5-8-15/h3-13,21-22,24,31H,2,14H2,1H3/t21-,22+,24-/m1/s1. The van der Waals surface area contributed by atoms with E-state index in [1.54, 1.807) is 25.1 Å². The third-order valence-corrected chi connectivity index (χ3v) is 6.98. The maximum Gasteiger partial charge on any atom is 0.271 e. The van der Waals surface area contributed by atoms with E-state index < -0.39 is 34.8 Å². The number of imide groups is 1. The van der Waals surface area contributed by atoms with E-state index in [2.05, 4.69) is 15.9 Å². The maximum absolute atomic E-state index is 13.7. The third kappa shape index (κ3) is 4.40. The number of non-ortho nitro benzene ring substituents is 1. The van der Waals surface area contributed by atoms with Gasteiger partial charge >= 0.3 is 0 Å². The molecule has 2 aliphatic heterocycles. The minimum Gasteiger partial charge on any atom is -0.503 e. The van der Waals surface area contributed by atoms with Crippen LogP contribution < -0.4 is 9.80 Å². The Morgan fingerprint density at radius 3 is 2.54 bits per heavy atom. The molecular formula is C26H22BrN3O7. The van der Waals surface area contributed by atoms with Crippen molar-refractivity contribution in [2.45, 2.75) is 25.6 Å². The largest absolute Gasteiger partial charge is 0.503 e. The van der Waals surface area contributed by atoms with Crippen molar-refractivity contribution in [2.24, 2.45) is 5.92 Å². The number of nitro groups is 1. The SMILES string of the molecule is CCOc1cc([C@H]2[C@H]3C(=O)N(Cc4ccccc4)C(=O)[C@@H]3ON2c2cccc([N+](=O)[O-])c2)cc(Br)c1O. The fourth-order valence-corrected chi connectivity index (χ4v) is 5.19. The van der Waals surface area contributed by atoms with Gasteiger partial charge < -0.3 is 9.84 Å². The number of anilines is 1. The molecule has 3 aromatic carbocycles. The number of ether oxygens (including phenoxy) is 1. The normalized spacial score (nSPS) is 20.9. The lowest BCUT2D eigenvalue weighted by Gasteiger charge is -2.29. The lowest BCUT2D eigenvalue weighted by Crippen LogP contribution is -2.37. The number of carbonyl (C=O) groups is 2. The number of phenolic OH excluding ortho intramolecular Hbond substituents is 1. The van der Waals surface area contributed by atoms with Crippen LogP contribution in [0, 0.1) is 16.0 Å². The molecule has 3 atom stereocenters. The Morgan fingerprint density at radius 1 is 1.08 bits per heavy atom. The molecule has 0 aliphatic carbocycles. The minimum atomic E-state index is -1.12. The second-order valence-corrected chi connectivity index (χ2v) is 9.48. The first kappa shape index (κ1) is 24.7. The third-order valence-electron chi connectivity index (χ3n) is 6.38. The molecule has 190 valence electrons. The summed E-state index contributed by atoms with van der Waals surface area (Å²) in [5, 5.41) is 23.2. The highest BCUT2D eigenvalue weighted by atomic mass is 79.9. The van der Waals surface area contributed by atoms with Gasteiger partial charge in [-0.3, -0.25) is 29.4 Å². The number of nitrogens with zero attached hydrogens (tertiary/aromatic N) is 3. The molecule has 37 heavy (non-hydrogen) atoms. The average molecular weight is 568 g/mol. The molecule has 1 N–H and O–H groups in total. The number of hydroxylamine groups is 1. The van der Waals surface area contributed by atoms with Crippen molar-refractivity contribution in [1.82, 2.24) is 4.90 Å². The first-order valence-electron chi connectivity index (χ1n) is 11.5. The minimum absolute atomic E-state index is 0.0991. The Labute approximate surface area is 220 Å². The van der Waals surface area contributed by atoms with E-state index in [0.717, 1.165) is 5.56 Å². The molecule has 0 radical (unpaired) electrons. The lowest BCUT2D eigenvalue weighted by atomic mass is 9.90. The zero-order chi connectivity index (χ0) is 26.3. The number of likely N-dealkylation sites (tertiary alicyclic amines) is 1. The maximum atomic E-state index is 13.7. The van der Waals surface area contributed by atoms with Gasteiger partial charge in [-0.1, -0.05) is 36.4 Å². The fraction of sp³-hybridized carbons (Fsp3) is 0.231. The summed E-state index contributed by atoms with van der Waals surface area (Å²) in [6, 6.07) is 17.3. The Bertz CT molecular complexity index is 1380. The monoisotopic (exact) mass is 567 g/mol. The van der Waals surface area contributed by atoms with E-state index in [-0.39, 0.29) is 30.3 Å². The molecule has 2 aliphatic rings. The van der Waals surface area contributed by atoms with Crippen LogP contribution in [0.5, 0.6) is 11.5 Å². The topological polar surface area (TPSA) is 122 Å². The number of aromatic hydroxyl groups is 1. The van der Waals surface area contributed by atoms with Crippen molar-refractivity contribution in [3.63, 3.8) is 0 Å². The molecule has 0 aromatic heterocycles. The van der Waals surface area contributed by atoms with Gasteiger partial charge in [-0.2, -0.15) is 0 Å².